The number of carbonyl (C=O) groups is 1. The number of benzene rings is 1. The molecular formula is C14H14BrNO3. The van der Waals surface area contributed by atoms with Crippen LogP contribution < -0.4 is 10.1 Å². The Kier molecular flexibility index (Phi) is 4.63. The van der Waals surface area contributed by atoms with E-state index in [-0.39, 0.29) is 18.6 Å². The average molecular weight is 324 g/mol. The molecule has 1 aromatic heterocycles. The van der Waals surface area contributed by atoms with Gasteiger partial charge >= 0.3 is 0 Å². The van der Waals surface area contributed by atoms with Gasteiger partial charge in [0.15, 0.2) is 6.61 Å². The molecule has 2 aromatic rings. The van der Waals surface area contributed by atoms with Gasteiger partial charge in [-0.1, -0.05) is 15.9 Å². The molecule has 0 radical (unpaired) electrons. The van der Waals surface area contributed by atoms with E-state index < -0.39 is 0 Å². The number of rotatable bonds is 5. The highest BCUT2D eigenvalue weighted by Crippen LogP contribution is 2.16. The molecule has 0 aliphatic rings. The Morgan fingerprint density at radius 1 is 1.37 bits per heavy atom. The van der Waals surface area contributed by atoms with Gasteiger partial charge < -0.3 is 14.5 Å². The normalized spacial score (nSPS) is 11.9. The van der Waals surface area contributed by atoms with Crippen molar-refractivity contribution in [1.82, 2.24) is 5.32 Å². The van der Waals surface area contributed by atoms with Crippen molar-refractivity contribution in [3.8, 4) is 5.75 Å². The molecule has 1 atom stereocenters. The molecule has 1 aromatic carbocycles. The first-order valence-electron chi connectivity index (χ1n) is 5.86. The Labute approximate surface area is 119 Å². The number of hydrogen-bond acceptors (Lipinski definition) is 3. The summed E-state index contributed by atoms with van der Waals surface area (Å²) < 4.78 is 11.6. The highest BCUT2D eigenvalue weighted by Gasteiger charge is 2.11. The Morgan fingerprint density at radius 3 is 2.74 bits per heavy atom. The lowest BCUT2D eigenvalue weighted by Crippen LogP contribution is -2.31. The van der Waals surface area contributed by atoms with Crippen LogP contribution in [0.2, 0.25) is 0 Å². The largest absolute Gasteiger partial charge is 0.484 e. The standard InChI is InChI=1S/C14H14BrNO3/c1-10(13-3-2-8-18-13)16-14(17)9-19-12-6-4-11(15)5-7-12/h2-8,10H,9H2,1H3,(H,16,17)/t10-/m1/s1. The molecule has 1 N–H and O–H groups in total. The lowest BCUT2D eigenvalue weighted by Gasteiger charge is -2.12. The van der Waals surface area contributed by atoms with Crippen LogP contribution >= 0.6 is 15.9 Å². The van der Waals surface area contributed by atoms with Crippen LogP contribution in [0.4, 0.5) is 0 Å². The second-order valence-corrected chi connectivity index (χ2v) is 4.96. The van der Waals surface area contributed by atoms with Crippen LogP contribution in [0.1, 0.15) is 18.7 Å². The summed E-state index contributed by atoms with van der Waals surface area (Å²) >= 11 is 3.33. The molecule has 1 heterocycles. The molecule has 5 heteroatoms. The number of furan rings is 1. The average Bonchev–Trinajstić information content (AvgIpc) is 2.92. The highest BCUT2D eigenvalue weighted by molar-refractivity contribution is 9.10. The minimum atomic E-state index is -0.188. The van der Waals surface area contributed by atoms with Gasteiger partial charge in [0.05, 0.1) is 12.3 Å². The van der Waals surface area contributed by atoms with Gasteiger partial charge in [-0.05, 0) is 43.3 Å². The maximum atomic E-state index is 11.7. The first-order valence-corrected chi connectivity index (χ1v) is 6.65. The molecule has 0 aliphatic heterocycles. The van der Waals surface area contributed by atoms with Crippen molar-refractivity contribution in [3.05, 3.63) is 52.9 Å². The summed E-state index contributed by atoms with van der Waals surface area (Å²) in [5.41, 5.74) is 0. The summed E-state index contributed by atoms with van der Waals surface area (Å²) in [4.78, 5) is 11.7. The molecule has 0 fully saturated rings. The number of ether oxygens (including phenoxy) is 1. The van der Waals surface area contributed by atoms with E-state index in [0.717, 1.165) is 10.2 Å². The van der Waals surface area contributed by atoms with Crippen LogP contribution in [0.3, 0.4) is 0 Å². The van der Waals surface area contributed by atoms with Crippen molar-refractivity contribution in [3.63, 3.8) is 0 Å². The molecule has 19 heavy (non-hydrogen) atoms. The van der Waals surface area contributed by atoms with Crippen molar-refractivity contribution >= 4 is 21.8 Å². The zero-order valence-corrected chi connectivity index (χ0v) is 12.0. The number of halogens is 1. The van der Waals surface area contributed by atoms with Crippen molar-refractivity contribution in [2.45, 2.75) is 13.0 Å². The highest BCUT2D eigenvalue weighted by atomic mass is 79.9. The molecule has 0 saturated carbocycles. The predicted octanol–water partition coefficient (Wildman–Crippen LogP) is 3.30. The molecule has 0 bridgehead atoms. The second kappa shape index (κ2) is 6.43. The molecule has 1 amide bonds. The summed E-state index contributed by atoms with van der Waals surface area (Å²) in [7, 11) is 0. The number of amides is 1. The molecule has 100 valence electrons. The first-order chi connectivity index (χ1) is 9.15. The summed E-state index contributed by atoms with van der Waals surface area (Å²) in [5, 5.41) is 2.80. The van der Waals surface area contributed by atoms with E-state index in [0.29, 0.717) is 5.75 Å². The molecule has 0 spiro atoms. The third-order valence-corrected chi connectivity index (χ3v) is 3.06. The second-order valence-electron chi connectivity index (χ2n) is 4.05. The first kappa shape index (κ1) is 13.7. The number of hydrogen-bond donors (Lipinski definition) is 1. The quantitative estimate of drug-likeness (QED) is 0.918. The van der Waals surface area contributed by atoms with Gasteiger partial charge in [-0.2, -0.15) is 0 Å². The van der Waals surface area contributed by atoms with Gasteiger partial charge in [0.1, 0.15) is 11.5 Å². The topological polar surface area (TPSA) is 51.5 Å². The summed E-state index contributed by atoms with van der Waals surface area (Å²) in [6.45, 7) is 1.84. The Bertz CT molecular complexity index is 522. The fourth-order valence-corrected chi connectivity index (χ4v) is 1.84. The van der Waals surface area contributed by atoms with E-state index in [9.17, 15) is 4.79 Å². The smallest absolute Gasteiger partial charge is 0.258 e. The fourth-order valence-electron chi connectivity index (χ4n) is 1.57. The maximum Gasteiger partial charge on any atom is 0.258 e. The van der Waals surface area contributed by atoms with Crippen LogP contribution in [0, 0.1) is 0 Å². The lowest BCUT2D eigenvalue weighted by molar-refractivity contribution is -0.123. The van der Waals surface area contributed by atoms with Crippen molar-refractivity contribution < 1.29 is 13.9 Å². The third-order valence-electron chi connectivity index (χ3n) is 2.53. The molecule has 2 rings (SSSR count). The fraction of sp³-hybridized carbons (Fsp3) is 0.214. The van der Waals surface area contributed by atoms with E-state index in [1.807, 2.05) is 25.1 Å². The SMILES string of the molecule is C[C@@H](NC(=O)COc1ccc(Br)cc1)c1ccco1. The van der Waals surface area contributed by atoms with Gasteiger partial charge in [-0.15, -0.1) is 0 Å². The van der Waals surface area contributed by atoms with Gasteiger partial charge in [-0.25, -0.2) is 0 Å². The van der Waals surface area contributed by atoms with E-state index in [1.54, 1.807) is 24.5 Å². The zero-order chi connectivity index (χ0) is 13.7. The molecular weight excluding hydrogens is 310 g/mol. The van der Waals surface area contributed by atoms with Crippen molar-refractivity contribution in [2.75, 3.05) is 6.61 Å². The van der Waals surface area contributed by atoms with Crippen molar-refractivity contribution in [2.24, 2.45) is 0 Å². The van der Waals surface area contributed by atoms with Gasteiger partial charge in [-0.3, -0.25) is 4.79 Å². The number of carbonyl (C=O) groups excluding carboxylic acids is 1. The van der Waals surface area contributed by atoms with Crippen LogP contribution in [0.25, 0.3) is 0 Å². The molecule has 4 nitrogen and oxygen atoms in total. The molecule has 0 unspecified atom stereocenters. The summed E-state index contributed by atoms with van der Waals surface area (Å²) in [6.07, 6.45) is 1.58. The lowest BCUT2D eigenvalue weighted by atomic mass is 10.2. The Balaban J connectivity index is 1.80. The third kappa shape index (κ3) is 4.13. The van der Waals surface area contributed by atoms with Crippen molar-refractivity contribution in [1.29, 1.82) is 0 Å². The predicted molar refractivity (Wildman–Crippen MR) is 74.9 cm³/mol. The van der Waals surface area contributed by atoms with Gasteiger partial charge in [0.2, 0.25) is 0 Å². The van der Waals surface area contributed by atoms with E-state index in [2.05, 4.69) is 21.2 Å². The summed E-state index contributed by atoms with van der Waals surface area (Å²) in [5.74, 6) is 1.19. The maximum absolute atomic E-state index is 11.7. The zero-order valence-electron chi connectivity index (χ0n) is 10.4. The molecule has 0 saturated heterocycles. The Hall–Kier alpha value is -1.75. The van der Waals surface area contributed by atoms with E-state index in [1.165, 1.54) is 0 Å². The monoisotopic (exact) mass is 323 g/mol. The van der Waals surface area contributed by atoms with Crippen LogP contribution in [0.15, 0.2) is 51.6 Å². The Morgan fingerprint density at radius 2 is 2.11 bits per heavy atom. The van der Waals surface area contributed by atoms with E-state index in [4.69, 9.17) is 9.15 Å². The number of nitrogens with one attached hydrogen (secondary N) is 1. The minimum absolute atomic E-state index is 0.0211. The summed E-state index contributed by atoms with van der Waals surface area (Å²) in [6, 6.07) is 10.8. The minimum Gasteiger partial charge on any atom is -0.484 e. The van der Waals surface area contributed by atoms with E-state index >= 15 is 0 Å². The van der Waals surface area contributed by atoms with Gasteiger partial charge in [0.25, 0.3) is 5.91 Å². The van der Waals surface area contributed by atoms with Crippen LogP contribution in [-0.2, 0) is 4.79 Å². The van der Waals surface area contributed by atoms with Gasteiger partial charge in [0, 0.05) is 4.47 Å². The van der Waals surface area contributed by atoms with Crippen LogP contribution in [-0.4, -0.2) is 12.5 Å². The van der Waals surface area contributed by atoms with Crippen LogP contribution in [0.5, 0.6) is 5.75 Å². The molecule has 0 aliphatic carbocycles.